The van der Waals surface area contributed by atoms with Gasteiger partial charge in [-0.3, -0.25) is 10.6 Å². The smallest absolute Gasteiger partial charge is 0.272 e. The van der Waals surface area contributed by atoms with Gasteiger partial charge in [0.15, 0.2) is 0 Å². The Balaban J connectivity index is 2.10. The van der Waals surface area contributed by atoms with E-state index >= 15 is 0 Å². The summed E-state index contributed by atoms with van der Waals surface area (Å²) in [7, 11) is 0. The normalized spacial score (nSPS) is 14.7. The number of nitrogens with zero attached hydrogens (tertiary/aromatic N) is 2. The average Bonchev–Trinajstić information content (AvgIpc) is 3.19. The molecule has 1 aromatic heterocycles. The summed E-state index contributed by atoms with van der Waals surface area (Å²) in [5, 5.41) is 0. The van der Waals surface area contributed by atoms with Crippen LogP contribution >= 0.6 is 0 Å². The molecule has 5 heteroatoms. The van der Waals surface area contributed by atoms with Crippen molar-refractivity contribution in [3.05, 3.63) is 24.0 Å². The van der Waals surface area contributed by atoms with Gasteiger partial charge in [-0.1, -0.05) is 0 Å². The lowest BCUT2D eigenvalue weighted by Gasteiger charge is -2.26. The van der Waals surface area contributed by atoms with Crippen molar-refractivity contribution in [3.63, 3.8) is 0 Å². The molecule has 98 valence electrons. The summed E-state index contributed by atoms with van der Waals surface area (Å²) in [6, 6.07) is 3.67. The predicted octanol–water partition coefficient (Wildman–Crippen LogP) is 1.63. The molecular formula is C13H20N4O. The number of rotatable bonds is 5. The summed E-state index contributed by atoms with van der Waals surface area (Å²) in [6.45, 7) is 4.92. The van der Waals surface area contributed by atoms with Crippen LogP contribution in [0.4, 0.5) is 5.69 Å². The number of nitrogens with two attached hydrogens (primary N) is 1. The van der Waals surface area contributed by atoms with E-state index in [4.69, 9.17) is 5.84 Å². The lowest BCUT2D eigenvalue weighted by Crippen LogP contribution is -2.38. The summed E-state index contributed by atoms with van der Waals surface area (Å²) in [6.07, 6.45) is 4.04. The van der Waals surface area contributed by atoms with Crippen molar-refractivity contribution in [2.45, 2.75) is 32.7 Å². The van der Waals surface area contributed by atoms with Gasteiger partial charge in [-0.25, -0.2) is 4.98 Å². The molecule has 1 amide bonds. The summed E-state index contributed by atoms with van der Waals surface area (Å²) in [5.41, 5.74) is 3.67. The number of hydrogen-bond donors (Lipinski definition) is 2. The van der Waals surface area contributed by atoms with E-state index in [1.54, 1.807) is 18.3 Å². The molecule has 0 atom stereocenters. The third-order valence-corrected chi connectivity index (χ3v) is 3.19. The van der Waals surface area contributed by atoms with Crippen molar-refractivity contribution in [2.75, 3.05) is 12.0 Å². The van der Waals surface area contributed by atoms with Crippen molar-refractivity contribution >= 4 is 11.6 Å². The number of nitrogen functional groups attached to an aromatic ring is 1. The molecule has 1 fully saturated rings. The third-order valence-electron chi connectivity index (χ3n) is 3.19. The number of aromatic nitrogens is 1. The first-order valence-electron chi connectivity index (χ1n) is 6.35. The zero-order valence-electron chi connectivity index (χ0n) is 10.9. The molecule has 3 N–H and O–H groups in total. The summed E-state index contributed by atoms with van der Waals surface area (Å²) < 4.78 is 0. The van der Waals surface area contributed by atoms with Crippen LogP contribution in [0.15, 0.2) is 18.3 Å². The van der Waals surface area contributed by atoms with E-state index in [2.05, 4.69) is 10.4 Å². The van der Waals surface area contributed by atoms with Gasteiger partial charge in [-0.15, -0.1) is 0 Å². The van der Waals surface area contributed by atoms with Crippen LogP contribution in [0.2, 0.25) is 0 Å². The lowest BCUT2D eigenvalue weighted by atomic mass is 10.2. The Bertz CT molecular complexity index is 412. The lowest BCUT2D eigenvalue weighted by molar-refractivity contribution is 0.0690. The van der Waals surface area contributed by atoms with Gasteiger partial charge >= 0.3 is 0 Å². The van der Waals surface area contributed by atoms with E-state index in [0.717, 1.165) is 6.54 Å². The van der Waals surface area contributed by atoms with Gasteiger partial charge in [-0.05, 0) is 44.7 Å². The number of carbonyl (C=O) groups is 1. The molecule has 0 saturated heterocycles. The highest BCUT2D eigenvalue weighted by Crippen LogP contribution is 2.30. The summed E-state index contributed by atoms with van der Waals surface area (Å²) in [4.78, 5) is 18.4. The highest BCUT2D eigenvalue weighted by molar-refractivity contribution is 5.92. The monoisotopic (exact) mass is 248 g/mol. The Labute approximate surface area is 107 Å². The maximum Gasteiger partial charge on any atom is 0.272 e. The predicted molar refractivity (Wildman–Crippen MR) is 70.9 cm³/mol. The van der Waals surface area contributed by atoms with Crippen LogP contribution in [0.1, 0.15) is 37.2 Å². The zero-order valence-corrected chi connectivity index (χ0v) is 10.9. The second kappa shape index (κ2) is 5.35. The number of amides is 1. The van der Waals surface area contributed by atoms with Gasteiger partial charge in [0.25, 0.3) is 5.91 Å². The van der Waals surface area contributed by atoms with E-state index < -0.39 is 0 Å². The van der Waals surface area contributed by atoms with Crippen molar-refractivity contribution in [3.8, 4) is 0 Å². The van der Waals surface area contributed by atoms with E-state index in [0.29, 0.717) is 17.3 Å². The minimum absolute atomic E-state index is 0.000437. The molecule has 0 unspecified atom stereocenters. The van der Waals surface area contributed by atoms with Crippen molar-refractivity contribution in [2.24, 2.45) is 11.8 Å². The molecule has 1 saturated carbocycles. The van der Waals surface area contributed by atoms with E-state index in [1.165, 1.54) is 12.8 Å². The maximum absolute atomic E-state index is 12.4. The van der Waals surface area contributed by atoms with Crippen LogP contribution < -0.4 is 11.3 Å². The first-order valence-corrected chi connectivity index (χ1v) is 6.35. The SMILES string of the molecule is CC(C)N(CC1CC1)C(=O)c1ccc(NN)cn1. The molecule has 0 bridgehead atoms. The number of hydrogen-bond acceptors (Lipinski definition) is 4. The van der Waals surface area contributed by atoms with Crippen LogP contribution in [0.5, 0.6) is 0 Å². The van der Waals surface area contributed by atoms with E-state index in [-0.39, 0.29) is 11.9 Å². The summed E-state index contributed by atoms with van der Waals surface area (Å²) in [5.74, 6) is 5.96. The molecule has 0 radical (unpaired) electrons. The highest BCUT2D eigenvalue weighted by Gasteiger charge is 2.29. The second-order valence-corrected chi connectivity index (χ2v) is 5.07. The standard InChI is InChI=1S/C13H20N4O/c1-9(2)17(8-10-3-4-10)13(18)12-6-5-11(16-14)7-15-12/h5-7,9-10,16H,3-4,8,14H2,1-2H3. The minimum Gasteiger partial charge on any atom is -0.335 e. The topological polar surface area (TPSA) is 71.2 Å². The number of anilines is 1. The van der Waals surface area contributed by atoms with Crippen LogP contribution in [0.25, 0.3) is 0 Å². The number of hydrazine groups is 1. The fraction of sp³-hybridized carbons (Fsp3) is 0.538. The molecule has 2 rings (SSSR count). The van der Waals surface area contributed by atoms with Crippen LogP contribution in [-0.2, 0) is 0 Å². The number of carbonyl (C=O) groups excluding carboxylic acids is 1. The first-order chi connectivity index (χ1) is 8.61. The van der Waals surface area contributed by atoms with Gasteiger partial charge in [0.1, 0.15) is 5.69 Å². The molecule has 1 aromatic rings. The Morgan fingerprint density at radius 1 is 1.56 bits per heavy atom. The van der Waals surface area contributed by atoms with Crippen LogP contribution in [-0.4, -0.2) is 28.4 Å². The molecule has 5 nitrogen and oxygen atoms in total. The molecule has 1 aliphatic rings. The molecule has 0 aromatic carbocycles. The molecule has 18 heavy (non-hydrogen) atoms. The largest absolute Gasteiger partial charge is 0.335 e. The molecule has 1 heterocycles. The molecule has 0 spiro atoms. The van der Waals surface area contributed by atoms with E-state index in [1.807, 2.05) is 18.7 Å². The fourth-order valence-corrected chi connectivity index (χ4v) is 1.86. The highest BCUT2D eigenvalue weighted by atomic mass is 16.2. The zero-order chi connectivity index (χ0) is 13.1. The van der Waals surface area contributed by atoms with Crippen LogP contribution in [0.3, 0.4) is 0 Å². The molecule has 1 aliphatic carbocycles. The fourth-order valence-electron chi connectivity index (χ4n) is 1.86. The Hall–Kier alpha value is -1.62. The van der Waals surface area contributed by atoms with Crippen molar-refractivity contribution in [1.82, 2.24) is 9.88 Å². The van der Waals surface area contributed by atoms with Gasteiger partial charge in [-0.2, -0.15) is 0 Å². The quantitative estimate of drug-likeness (QED) is 0.613. The number of nitrogens with one attached hydrogen (secondary N) is 1. The minimum atomic E-state index is 0.000437. The third kappa shape index (κ3) is 2.98. The van der Waals surface area contributed by atoms with Crippen molar-refractivity contribution in [1.29, 1.82) is 0 Å². The van der Waals surface area contributed by atoms with Crippen molar-refractivity contribution < 1.29 is 4.79 Å². The average molecular weight is 248 g/mol. The van der Waals surface area contributed by atoms with Gasteiger partial charge in [0.2, 0.25) is 0 Å². The van der Waals surface area contributed by atoms with E-state index in [9.17, 15) is 4.79 Å². The summed E-state index contributed by atoms with van der Waals surface area (Å²) >= 11 is 0. The van der Waals surface area contributed by atoms with Gasteiger partial charge in [0, 0.05) is 12.6 Å². The maximum atomic E-state index is 12.4. The first kappa shape index (κ1) is 12.8. The van der Waals surface area contributed by atoms with Crippen LogP contribution in [0, 0.1) is 5.92 Å². The van der Waals surface area contributed by atoms with Gasteiger partial charge in [0.05, 0.1) is 11.9 Å². The second-order valence-electron chi connectivity index (χ2n) is 5.07. The van der Waals surface area contributed by atoms with Gasteiger partial charge < -0.3 is 10.3 Å². The Morgan fingerprint density at radius 3 is 2.72 bits per heavy atom. The Kier molecular flexibility index (Phi) is 3.81. The Morgan fingerprint density at radius 2 is 2.28 bits per heavy atom. The molecule has 0 aliphatic heterocycles. The molecular weight excluding hydrogens is 228 g/mol. The number of pyridine rings is 1.